The molecule has 0 saturated carbocycles. The zero-order chi connectivity index (χ0) is 9.80. The normalized spacial score (nSPS) is 22.5. The lowest BCUT2D eigenvalue weighted by Gasteiger charge is -2.22. The van der Waals surface area contributed by atoms with Crippen LogP contribution in [0.2, 0.25) is 0 Å². The second kappa shape index (κ2) is 4.79. The number of nitrogens with zero attached hydrogens (tertiary/aromatic N) is 3. The first kappa shape index (κ1) is 9.98. The molecule has 1 fully saturated rings. The van der Waals surface area contributed by atoms with Gasteiger partial charge in [0.25, 0.3) is 0 Å². The summed E-state index contributed by atoms with van der Waals surface area (Å²) < 4.78 is 1.96. The molecule has 1 aliphatic rings. The molecule has 5 heteroatoms. The molecule has 0 bridgehead atoms. The first-order valence-electron chi connectivity index (χ1n) is 5.00. The molecule has 4 nitrogen and oxygen atoms in total. The molecule has 0 aliphatic carbocycles. The van der Waals surface area contributed by atoms with Crippen LogP contribution in [0.4, 0.5) is 0 Å². The van der Waals surface area contributed by atoms with Crippen LogP contribution in [-0.4, -0.2) is 32.3 Å². The van der Waals surface area contributed by atoms with E-state index in [9.17, 15) is 0 Å². The molecule has 1 aliphatic heterocycles. The molecule has 1 atom stereocenters. The van der Waals surface area contributed by atoms with Gasteiger partial charge in [-0.15, -0.1) is 10.2 Å². The van der Waals surface area contributed by atoms with Crippen LogP contribution in [0.25, 0.3) is 0 Å². The number of hydrogen-bond acceptors (Lipinski definition) is 4. The van der Waals surface area contributed by atoms with Gasteiger partial charge in [-0.1, -0.05) is 0 Å². The third-order valence-corrected chi connectivity index (χ3v) is 3.73. The summed E-state index contributed by atoms with van der Waals surface area (Å²) in [6, 6.07) is 0.658. The molecule has 0 amide bonds. The lowest BCUT2D eigenvalue weighted by Crippen LogP contribution is -2.33. The number of hydrogen-bond donors (Lipinski definition) is 1. The lowest BCUT2D eigenvalue weighted by molar-refractivity contribution is 0.493. The first-order valence-corrected chi connectivity index (χ1v) is 6.16. The third kappa shape index (κ3) is 2.48. The summed E-state index contributed by atoms with van der Waals surface area (Å²) in [5.74, 6) is 3.57. The number of nitrogens with one attached hydrogen (secondary N) is 1. The predicted octanol–water partition coefficient (Wildman–Crippen LogP) is 0.800. The Hall–Kier alpha value is -0.550. The van der Waals surface area contributed by atoms with E-state index in [1.807, 2.05) is 23.4 Å². The minimum Gasteiger partial charge on any atom is -0.320 e. The van der Waals surface area contributed by atoms with Crippen molar-refractivity contribution in [2.75, 3.05) is 11.5 Å². The van der Waals surface area contributed by atoms with Gasteiger partial charge >= 0.3 is 0 Å². The Morgan fingerprint density at radius 1 is 1.71 bits per heavy atom. The minimum atomic E-state index is 0.658. The highest BCUT2D eigenvalue weighted by Gasteiger charge is 2.13. The Kier molecular flexibility index (Phi) is 3.42. The van der Waals surface area contributed by atoms with Gasteiger partial charge in [0, 0.05) is 18.8 Å². The minimum absolute atomic E-state index is 0.658. The Morgan fingerprint density at radius 2 is 2.64 bits per heavy atom. The maximum Gasteiger partial charge on any atom is 0.146 e. The van der Waals surface area contributed by atoms with Gasteiger partial charge in [-0.2, -0.15) is 11.8 Å². The zero-order valence-electron chi connectivity index (χ0n) is 8.44. The number of rotatable bonds is 3. The van der Waals surface area contributed by atoms with Crippen molar-refractivity contribution in [1.82, 2.24) is 20.1 Å². The largest absolute Gasteiger partial charge is 0.320 e. The van der Waals surface area contributed by atoms with Crippen molar-refractivity contribution in [3.05, 3.63) is 12.2 Å². The molecule has 78 valence electrons. The van der Waals surface area contributed by atoms with Gasteiger partial charge < -0.3 is 9.88 Å². The van der Waals surface area contributed by atoms with Crippen molar-refractivity contribution in [3.8, 4) is 0 Å². The van der Waals surface area contributed by atoms with Crippen molar-refractivity contribution in [2.24, 2.45) is 7.05 Å². The smallest absolute Gasteiger partial charge is 0.146 e. The Balaban J connectivity index is 1.79. The fourth-order valence-corrected chi connectivity index (χ4v) is 2.71. The van der Waals surface area contributed by atoms with Crippen LogP contribution in [-0.2, 0) is 13.6 Å². The summed E-state index contributed by atoms with van der Waals surface area (Å²) in [4.78, 5) is 0. The quantitative estimate of drug-likeness (QED) is 0.805. The molecule has 1 aromatic heterocycles. The van der Waals surface area contributed by atoms with Gasteiger partial charge in [0.2, 0.25) is 0 Å². The maximum atomic E-state index is 4.04. The second-order valence-electron chi connectivity index (χ2n) is 3.65. The van der Waals surface area contributed by atoms with Crippen LogP contribution < -0.4 is 5.32 Å². The van der Waals surface area contributed by atoms with Crippen molar-refractivity contribution in [1.29, 1.82) is 0 Å². The van der Waals surface area contributed by atoms with Gasteiger partial charge in [0.05, 0.1) is 6.54 Å². The van der Waals surface area contributed by atoms with Crippen LogP contribution in [0.15, 0.2) is 6.33 Å². The van der Waals surface area contributed by atoms with E-state index in [0.29, 0.717) is 6.04 Å². The van der Waals surface area contributed by atoms with Gasteiger partial charge in [-0.25, -0.2) is 0 Å². The van der Waals surface area contributed by atoms with Gasteiger partial charge in [0.1, 0.15) is 12.2 Å². The van der Waals surface area contributed by atoms with Gasteiger partial charge in [0.15, 0.2) is 0 Å². The van der Waals surface area contributed by atoms with E-state index in [-0.39, 0.29) is 0 Å². The van der Waals surface area contributed by atoms with E-state index < -0.39 is 0 Å². The maximum absolute atomic E-state index is 4.04. The first-order chi connectivity index (χ1) is 6.86. The summed E-state index contributed by atoms with van der Waals surface area (Å²) >= 11 is 2.04. The van der Waals surface area contributed by atoms with E-state index in [1.54, 1.807) is 6.33 Å². The van der Waals surface area contributed by atoms with Gasteiger partial charge in [-0.3, -0.25) is 0 Å². The molecule has 0 spiro atoms. The summed E-state index contributed by atoms with van der Waals surface area (Å²) in [5, 5.41) is 11.4. The van der Waals surface area contributed by atoms with E-state index in [1.165, 1.54) is 24.3 Å². The van der Waals surface area contributed by atoms with Crippen LogP contribution in [0, 0.1) is 0 Å². The molecular weight excluding hydrogens is 196 g/mol. The second-order valence-corrected chi connectivity index (χ2v) is 4.80. The van der Waals surface area contributed by atoms with Crippen LogP contribution in [0.3, 0.4) is 0 Å². The lowest BCUT2D eigenvalue weighted by atomic mass is 10.2. The average Bonchev–Trinajstić information content (AvgIpc) is 2.63. The number of aryl methyl sites for hydroxylation is 1. The molecule has 1 aromatic rings. The molecular formula is C9H16N4S. The van der Waals surface area contributed by atoms with Crippen LogP contribution in [0.5, 0.6) is 0 Å². The number of aromatic nitrogens is 3. The van der Waals surface area contributed by atoms with E-state index >= 15 is 0 Å². The highest BCUT2D eigenvalue weighted by Crippen LogP contribution is 2.16. The van der Waals surface area contributed by atoms with Crippen LogP contribution >= 0.6 is 11.8 Å². The third-order valence-electron chi connectivity index (χ3n) is 2.51. The summed E-state index contributed by atoms with van der Waals surface area (Å²) in [6.45, 7) is 0.835. The highest BCUT2D eigenvalue weighted by atomic mass is 32.2. The average molecular weight is 212 g/mol. The molecule has 2 heterocycles. The van der Waals surface area contributed by atoms with Crippen LogP contribution in [0.1, 0.15) is 18.7 Å². The standard InChI is InChI=1S/C9H16N4S/c1-13-7-11-12-9(13)5-10-8-3-2-4-14-6-8/h7-8,10H,2-6H2,1H3. The molecule has 0 radical (unpaired) electrons. The zero-order valence-corrected chi connectivity index (χ0v) is 9.26. The SMILES string of the molecule is Cn1cnnc1CNC1CCCSC1. The van der Waals surface area contributed by atoms with Crippen molar-refractivity contribution in [2.45, 2.75) is 25.4 Å². The topological polar surface area (TPSA) is 42.7 Å². The highest BCUT2D eigenvalue weighted by molar-refractivity contribution is 7.99. The monoisotopic (exact) mass is 212 g/mol. The van der Waals surface area contributed by atoms with E-state index in [0.717, 1.165) is 12.4 Å². The van der Waals surface area contributed by atoms with E-state index in [4.69, 9.17) is 0 Å². The molecule has 14 heavy (non-hydrogen) atoms. The Labute approximate surface area is 88.5 Å². The van der Waals surface area contributed by atoms with Crippen molar-refractivity contribution < 1.29 is 0 Å². The molecule has 2 rings (SSSR count). The summed E-state index contributed by atoms with van der Waals surface area (Å²) in [7, 11) is 1.98. The predicted molar refractivity (Wildman–Crippen MR) is 58.2 cm³/mol. The van der Waals surface area contributed by atoms with E-state index in [2.05, 4.69) is 15.5 Å². The number of thioether (sulfide) groups is 1. The molecule has 0 aromatic carbocycles. The van der Waals surface area contributed by atoms with Crippen molar-refractivity contribution >= 4 is 11.8 Å². The summed E-state index contributed by atoms with van der Waals surface area (Å²) in [6.07, 6.45) is 4.37. The van der Waals surface area contributed by atoms with Crippen molar-refractivity contribution in [3.63, 3.8) is 0 Å². The fourth-order valence-electron chi connectivity index (χ4n) is 1.60. The molecule has 1 unspecified atom stereocenters. The molecule has 1 saturated heterocycles. The summed E-state index contributed by atoms with van der Waals surface area (Å²) in [5.41, 5.74) is 0. The fraction of sp³-hybridized carbons (Fsp3) is 0.778. The Morgan fingerprint density at radius 3 is 3.29 bits per heavy atom. The molecule has 1 N–H and O–H groups in total. The van der Waals surface area contributed by atoms with Gasteiger partial charge in [-0.05, 0) is 18.6 Å². The Bertz CT molecular complexity index is 280.